The Morgan fingerprint density at radius 2 is 2.23 bits per heavy atom. The summed E-state index contributed by atoms with van der Waals surface area (Å²) in [6, 6.07) is 4.80. The summed E-state index contributed by atoms with van der Waals surface area (Å²) >= 11 is 1.73. The van der Waals surface area contributed by atoms with Crippen molar-refractivity contribution in [2.24, 2.45) is 5.73 Å². The molecule has 0 aliphatic carbocycles. The van der Waals surface area contributed by atoms with E-state index >= 15 is 0 Å². The van der Waals surface area contributed by atoms with Gasteiger partial charge in [0.1, 0.15) is 5.82 Å². The minimum absolute atomic E-state index is 0.207. The van der Waals surface area contributed by atoms with E-state index in [1.165, 1.54) is 12.1 Å². The molecule has 1 nitrogen and oxygen atoms in total. The lowest BCUT2D eigenvalue weighted by molar-refractivity contribution is 0.623. The van der Waals surface area contributed by atoms with Gasteiger partial charge in [-0.1, -0.05) is 6.92 Å². The van der Waals surface area contributed by atoms with Crippen LogP contribution in [0, 0.1) is 5.82 Å². The Morgan fingerprint density at radius 3 is 2.85 bits per heavy atom. The van der Waals surface area contributed by atoms with Crippen LogP contribution in [0.25, 0.3) is 0 Å². The smallest absolute Gasteiger partial charge is 0.123 e. The van der Waals surface area contributed by atoms with Crippen LogP contribution in [0.1, 0.15) is 18.9 Å². The molecule has 0 saturated heterocycles. The molecule has 2 N–H and O–H groups in total. The molecule has 0 heterocycles. The third-order valence-corrected chi connectivity index (χ3v) is 3.03. The van der Waals surface area contributed by atoms with Crippen molar-refractivity contribution in [1.29, 1.82) is 0 Å². The fourth-order valence-corrected chi connectivity index (χ4v) is 1.98. The summed E-state index contributed by atoms with van der Waals surface area (Å²) in [5.74, 6) is 0.847. The van der Waals surface area contributed by atoms with E-state index in [9.17, 15) is 4.39 Å². The van der Waals surface area contributed by atoms with Crippen LogP contribution < -0.4 is 5.73 Å². The summed E-state index contributed by atoms with van der Waals surface area (Å²) in [6.45, 7) is 2.53. The SMILES string of the molecule is CCCSc1ccc(F)cc1CN. The van der Waals surface area contributed by atoms with E-state index in [-0.39, 0.29) is 5.82 Å². The van der Waals surface area contributed by atoms with Gasteiger partial charge in [0.25, 0.3) is 0 Å². The van der Waals surface area contributed by atoms with E-state index in [0.29, 0.717) is 6.54 Å². The van der Waals surface area contributed by atoms with E-state index in [1.807, 2.05) is 0 Å². The maximum absolute atomic E-state index is 12.8. The Balaban J connectivity index is 2.79. The van der Waals surface area contributed by atoms with Crippen LogP contribution in [0.5, 0.6) is 0 Å². The van der Waals surface area contributed by atoms with E-state index in [2.05, 4.69) is 6.92 Å². The van der Waals surface area contributed by atoms with Crippen molar-refractivity contribution in [3.63, 3.8) is 0 Å². The van der Waals surface area contributed by atoms with Crippen LogP contribution in [0.2, 0.25) is 0 Å². The first-order valence-electron chi connectivity index (χ1n) is 4.39. The second kappa shape index (κ2) is 5.25. The topological polar surface area (TPSA) is 26.0 Å². The Kier molecular flexibility index (Phi) is 4.25. The largest absolute Gasteiger partial charge is 0.326 e. The van der Waals surface area contributed by atoms with Crippen molar-refractivity contribution in [3.8, 4) is 0 Å². The third-order valence-electron chi connectivity index (χ3n) is 1.70. The second-order valence-electron chi connectivity index (χ2n) is 2.80. The van der Waals surface area contributed by atoms with Gasteiger partial charge in [0.05, 0.1) is 0 Å². The number of benzene rings is 1. The molecule has 13 heavy (non-hydrogen) atoms. The molecular formula is C10H14FNS. The molecule has 0 aliphatic rings. The van der Waals surface area contributed by atoms with Gasteiger partial charge in [-0.3, -0.25) is 0 Å². The molecule has 0 atom stereocenters. The zero-order valence-corrected chi connectivity index (χ0v) is 8.53. The van der Waals surface area contributed by atoms with Gasteiger partial charge in [-0.25, -0.2) is 4.39 Å². The van der Waals surface area contributed by atoms with E-state index in [1.54, 1.807) is 17.8 Å². The van der Waals surface area contributed by atoms with Gasteiger partial charge >= 0.3 is 0 Å². The Labute approximate surface area is 82.5 Å². The summed E-state index contributed by atoms with van der Waals surface area (Å²) < 4.78 is 12.8. The van der Waals surface area contributed by atoms with Crippen molar-refractivity contribution < 1.29 is 4.39 Å². The summed E-state index contributed by atoms with van der Waals surface area (Å²) in [7, 11) is 0. The highest BCUT2D eigenvalue weighted by molar-refractivity contribution is 7.99. The highest BCUT2D eigenvalue weighted by Gasteiger charge is 2.02. The molecule has 0 aliphatic heterocycles. The molecule has 0 amide bonds. The number of rotatable bonds is 4. The number of hydrogen-bond acceptors (Lipinski definition) is 2. The molecule has 0 saturated carbocycles. The molecule has 0 fully saturated rings. The minimum atomic E-state index is -0.207. The maximum atomic E-state index is 12.8. The van der Waals surface area contributed by atoms with Gasteiger partial charge < -0.3 is 5.73 Å². The van der Waals surface area contributed by atoms with Gasteiger partial charge in [-0.2, -0.15) is 0 Å². The first-order valence-corrected chi connectivity index (χ1v) is 5.37. The summed E-state index contributed by atoms with van der Waals surface area (Å²) in [6.07, 6.45) is 1.12. The van der Waals surface area contributed by atoms with Crippen molar-refractivity contribution in [2.75, 3.05) is 5.75 Å². The lowest BCUT2D eigenvalue weighted by Crippen LogP contribution is -1.99. The van der Waals surface area contributed by atoms with Gasteiger partial charge in [0, 0.05) is 11.4 Å². The Hall–Kier alpha value is -0.540. The third kappa shape index (κ3) is 3.01. The predicted molar refractivity (Wildman–Crippen MR) is 55.3 cm³/mol. The second-order valence-corrected chi connectivity index (χ2v) is 3.94. The van der Waals surface area contributed by atoms with Crippen LogP contribution in [0.4, 0.5) is 4.39 Å². The van der Waals surface area contributed by atoms with Crippen LogP contribution >= 0.6 is 11.8 Å². The Morgan fingerprint density at radius 1 is 1.46 bits per heavy atom. The monoisotopic (exact) mass is 199 g/mol. The molecule has 0 aromatic heterocycles. The summed E-state index contributed by atoms with van der Waals surface area (Å²) in [5, 5.41) is 0. The number of thioether (sulfide) groups is 1. The Bertz CT molecular complexity index is 276. The molecule has 0 bridgehead atoms. The van der Waals surface area contributed by atoms with Gasteiger partial charge in [0.2, 0.25) is 0 Å². The highest BCUT2D eigenvalue weighted by Crippen LogP contribution is 2.23. The van der Waals surface area contributed by atoms with Crippen molar-refractivity contribution in [1.82, 2.24) is 0 Å². The molecule has 0 spiro atoms. The van der Waals surface area contributed by atoms with Crippen LogP contribution in [0.15, 0.2) is 23.1 Å². The van der Waals surface area contributed by atoms with Crippen LogP contribution in [-0.4, -0.2) is 5.75 Å². The molecule has 1 rings (SSSR count). The van der Waals surface area contributed by atoms with Crippen molar-refractivity contribution in [2.45, 2.75) is 24.8 Å². The number of hydrogen-bond donors (Lipinski definition) is 1. The summed E-state index contributed by atoms with van der Waals surface area (Å²) in [5.41, 5.74) is 6.41. The molecule has 3 heteroatoms. The zero-order chi connectivity index (χ0) is 9.68. The highest BCUT2D eigenvalue weighted by atomic mass is 32.2. The van der Waals surface area contributed by atoms with Gasteiger partial charge in [-0.05, 0) is 35.9 Å². The minimum Gasteiger partial charge on any atom is -0.326 e. The zero-order valence-electron chi connectivity index (χ0n) is 7.72. The van der Waals surface area contributed by atoms with Gasteiger partial charge in [0.15, 0.2) is 0 Å². The van der Waals surface area contributed by atoms with E-state index in [0.717, 1.165) is 22.6 Å². The molecule has 0 radical (unpaired) electrons. The molecule has 0 unspecified atom stereocenters. The maximum Gasteiger partial charge on any atom is 0.123 e. The number of nitrogens with two attached hydrogens (primary N) is 1. The lowest BCUT2D eigenvalue weighted by atomic mass is 10.2. The molecular weight excluding hydrogens is 185 g/mol. The van der Waals surface area contributed by atoms with Crippen LogP contribution in [0.3, 0.4) is 0 Å². The first kappa shape index (κ1) is 10.5. The van der Waals surface area contributed by atoms with E-state index in [4.69, 9.17) is 5.73 Å². The first-order chi connectivity index (χ1) is 6.27. The number of halogens is 1. The van der Waals surface area contributed by atoms with Crippen molar-refractivity contribution in [3.05, 3.63) is 29.6 Å². The standard InChI is InChI=1S/C10H14FNS/c1-2-5-13-10-4-3-9(11)6-8(10)7-12/h3-4,6H,2,5,7,12H2,1H3. The fourth-order valence-electron chi connectivity index (χ4n) is 1.06. The van der Waals surface area contributed by atoms with Crippen molar-refractivity contribution >= 4 is 11.8 Å². The predicted octanol–water partition coefficient (Wildman–Crippen LogP) is 2.79. The lowest BCUT2D eigenvalue weighted by Gasteiger charge is -2.06. The fraction of sp³-hybridized carbons (Fsp3) is 0.400. The van der Waals surface area contributed by atoms with Crippen LogP contribution in [-0.2, 0) is 6.54 Å². The molecule has 1 aromatic rings. The molecule has 72 valence electrons. The quantitative estimate of drug-likeness (QED) is 0.755. The molecule has 1 aromatic carbocycles. The van der Waals surface area contributed by atoms with Gasteiger partial charge in [-0.15, -0.1) is 11.8 Å². The average Bonchev–Trinajstić information content (AvgIpc) is 2.16. The van der Waals surface area contributed by atoms with E-state index < -0.39 is 0 Å². The average molecular weight is 199 g/mol. The normalized spacial score (nSPS) is 10.4. The summed E-state index contributed by atoms with van der Waals surface area (Å²) in [4.78, 5) is 1.10.